The van der Waals surface area contributed by atoms with Gasteiger partial charge in [-0.1, -0.05) is 6.92 Å². The third-order valence-electron chi connectivity index (χ3n) is 4.59. The lowest BCUT2D eigenvalue weighted by atomic mass is 10.0. The number of ether oxygens (including phenoxy) is 1. The van der Waals surface area contributed by atoms with Crippen LogP contribution in [0.1, 0.15) is 13.8 Å². The summed E-state index contributed by atoms with van der Waals surface area (Å²) in [7, 11) is 0. The lowest BCUT2D eigenvalue weighted by molar-refractivity contribution is -0.274. The van der Waals surface area contributed by atoms with Gasteiger partial charge in [-0.3, -0.25) is 14.8 Å². The molecule has 0 spiro atoms. The molecular formula is C17H22F3N3O5. The number of anilines is 1. The fraction of sp³-hybridized carbons (Fsp3) is 0.529. The van der Waals surface area contributed by atoms with Gasteiger partial charge in [0, 0.05) is 31.4 Å². The summed E-state index contributed by atoms with van der Waals surface area (Å²) in [5, 5.41) is 18.4. The number of aliphatic hydroxyl groups is 1. The van der Waals surface area contributed by atoms with E-state index in [2.05, 4.69) is 4.74 Å². The first kappa shape index (κ1) is 21.8. The largest absolute Gasteiger partial charge is 0.573 e. The van der Waals surface area contributed by atoms with Crippen molar-refractivity contribution in [1.82, 2.24) is 10.4 Å². The van der Waals surface area contributed by atoms with Crippen molar-refractivity contribution in [3.05, 3.63) is 24.3 Å². The normalized spacial score (nSPS) is 19.8. The van der Waals surface area contributed by atoms with Gasteiger partial charge in [0.05, 0.1) is 5.92 Å². The summed E-state index contributed by atoms with van der Waals surface area (Å²) in [5.74, 6) is -2.85. The van der Waals surface area contributed by atoms with Crippen molar-refractivity contribution in [1.29, 1.82) is 0 Å². The van der Waals surface area contributed by atoms with E-state index in [1.54, 1.807) is 6.92 Å². The van der Waals surface area contributed by atoms with Crippen LogP contribution in [0.4, 0.5) is 18.9 Å². The zero-order chi connectivity index (χ0) is 21.1. The average Bonchev–Trinajstić information content (AvgIpc) is 2.64. The highest BCUT2D eigenvalue weighted by atomic mass is 19.4. The van der Waals surface area contributed by atoms with Gasteiger partial charge >= 0.3 is 6.36 Å². The van der Waals surface area contributed by atoms with Gasteiger partial charge in [-0.15, -0.1) is 13.2 Å². The molecule has 156 valence electrons. The molecule has 2 amide bonds. The molecule has 3 atom stereocenters. The maximum atomic E-state index is 12.6. The fourth-order valence-corrected chi connectivity index (χ4v) is 3.07. The number of nitrogens with one attached hydrogen (secondary N) is 1. The topological polar surface area (TPSA) is 102 Å². The minimum atomic E-state index is -4.75. The number of hydrogen-bond donors (Lipinski definition) is 3. The van der Waals surface area contributed by atoms with E-state index in [9.17, 15) is 27.9 Å². The number of aliphatic hydroxyl groups excluding tert-OH is 1. The number of piperazine rings is 1. The number of benzene rings is 1. The van der Waals surface area contributed by atoms with Crippen molar-refractivity contribution in [2.24, 2.45) is 5.92 Å². The Morgan fingerprint density at radius 3 is 2.36 bits per heavy atom. The Labute approximate surface area is 159 Å². The van der Waals surface area contributed by atoms with E-state index in [1.807, 2.05) is 4.90 Å². The first-order valence-electron chi connectivity index (χ1n) is 8.56. The number of alkyl halides is 3. The number of hydroxylamine groups is 1. The molecule has 0 bridgehead atoms. The molecule has 1 aromatic carbocycles. The van der Waals surface area contributed by atoms with Crippen molar-refractivity contribution in [3.8, 4) is 5.75 Å². The van der Waals surface area contributed by atoms with Gasteiger partial charge in [0.2, 0.25) is 5.91 Å². The summed E-state index contributed by atoms with van der Waals surface area (Å²) in [6.45, 7) is 4.32. The number of nitrogens with zero attached hydrogens (tertiary/aromatic N) is 2. The van der Waals surface area contributed by atoms with Crippen molar-refractivity contribution in [3.63, 3.8) is 0 Å². The quantitative estimate of drug-likeness (QED) is 0.501. The second-order valence-corrected chi connectivity index (χ2v) is 6.58. The second kappa shape index (κ2) is 8.65. The van der Waals surface area contributed by atoms with E-state index >= 15 is 0 Å². The molecular weight excluding hydrogens is 383 g/mol. The summed E-state index contributed by atoms with van der Waals surface area (Å²) in [5.41, 5.74) is 1.99. The monoisotopic (exact) mass is 405 g/mol. The van der Waals surface area contributed by atoms with Crippen LogP contribution in [0.25, 0.3) is 0 Å². The molecule has 3 N–H and O–H groups in total. The Morgan fingerprint density at radius 2 is 1.86 bits per heavy atom. The molecule has 28 heavy (non-hydrogen) atoms. The van der Waals surface area contributed by atoms with Gasteiger partial charge in [-0.2, -0.15) is 0 Å². The number of halogens is 3. The first-order chi connectivity index (χ1) is 13.0. The van der Waals surface area contributed by atoms with Crippen LogP contribution < -0.4 is 15.1 Å². The highest BCUT2D eigenvalue weighted by Crippen LogP contribution is 2.27. The zero-order valence-electron chi connectivity index (χ0n) is 15.3. The van der Waals surface area contributed by atoms with Crippen LogP contribution in [-0.4, -0.2) is 65.2 Å². The summed E-state index contributed by atoms with van der Waals surface area (Å²) in [6, 6.07) is 5.18. The number of hydrogen-bond acceptors (Lipinski definition) is 6. The van der Waals surface area contributed by atoms with Gasteiger partial charge in [-0.05, 0) is 31.2 Å². The predicted molar refractivity (Wildman–Crippen MR) is 91.6 cm³/mol. The Hall–Kier alpha value is -2.53. The SMILES string of the molecule is CC(C(=O)N1CCN(c2ccc(OC(F)(F)F)cc2)C[C@H]1C)[C@H](O)C(=O)NO. The summed E-state index contributed by atoms with van der Waals surface area (Å²) >= 11 is 0. The zero-order valence-corrected chi connectivity index (χ0v) is 15.3. The summed E-state index contributed by atoms with van der Waals surface area (Å²) in [4.78, 5) is 27.3. The molecule has 1 aliphatic rings. The van der Waals surface area contributed by atoms with E-state index in [4.69, 9.17) is 5.21 Å². The van der Waals surface area contributed by atoms with Gasteiger partial charge in [0.25, 0.3) is 5.91 Å². The van der Waals surface area contributed by atoms with Crippen molar-refractivity contribution in [2.45, 2.75) is 32.4 Å². The molecule has 1 saturated heterocycles. The molecule has 1 fully saturated rings. The lowest BCUT2D eigenvalue weighted by Gasteiger charge is -2.42. The molecule has 2 rings (SSSR count). The number of carbonyl (C=O) groups excluding carboxylic acids is 2. The average molecular weight is 405 g/mol. The van der Waals surface area contributed by atoms with E-state index in [0.29, 0.717) is 25.3 Å². The fourth-order valence-electron chi connectivity index (χ4n) is 3.07. The number of carbonyl (C=O) groups is 2. The lowest BCUT2D eigenvalue weighted by Crippen LogP contribution is -2.57. The molecule has 0 radical (unpaired) electrons. The standard InChI is InChI=1S/C17H22F3N3O5/c1-10-9-22(12-3-5-13(6-4-12)28-17(18,19)20)7-8-23(10)16(26)11(2)14(24)15(25)21-27/h3-6,10-11,14,24,27H,7-9H2,1-2H3,(H,21,25)/t10-,11?,14+/m1/s1. The number of amides is 2. The van der Waals surface area contributed by atoms with Crippen LogP contribution in [0.15, 0.2) is 24.3 Å². The molecule has 0 aliphatic carbocycles. The minimum Gasteiger partial charge on any atom is -0.406 e. The van der Waals surface area contributed by atoms with Gasteiger partial charge in [-0.25, -0.2) is 5.48 Å². The van der Waals surface area contributed by atoms with Crippen LogP contribution >= 0.6 is 0 Å². The Morgan fingerprint density at radius 1 is 1.25 bits per heavy atom. The molecule has 1 aromatic rings. The van der Waals surface area contributed by atoms with E-state index in [1.165, 1.54) is 41.6 Å². The molecule has 0 aromatic heterocycles. The van der Waals surface area contributed by atoms with Crippen LogP contribution in [0.2, 0.25) is 0 Å². The van der Waals surface area contributed by atoms with Crippen molar-refractivity contribution in [2.75, 3.05) is 24.5 Å². The molecule has 0 saturated carbocycles. The molecule has 1 unspecified atom stereocenters. The minimum absolute atomic E-state index is 0.265. The first-order valence-corrected chi connectivity index (χ1v) is 8.56. The van der Waals surface area contributed by atoms with E-state index < -0.39 is 30.2 Å². The molecule has 8 nitrogen and oxygen atoms in total. The van der Waals surface area contributed by atoms with Crippen LogP contribution in [-0.2, 0) is 9.59 Å². The third-order valence-corrected chi connectivity index (χ3v) is 4.59. The van der Waals surface area contributed by atoms with Gasteiger partial charge in [0.1, 0.15) is 11.9 Å². The predicted octanol–water partition coefficient (Wildman–Crippen LogP) is 1.12. The van der Waals surface area contributed by atoms with Crippen LogP contribution in [0.5, 0.6) is 5.75 Å². The van der Waals surface area contributed by atoms with Crippen LogP contribution in [0.3, 0.4) is 0 Å². The van der Waals surface area contributed by atoms with Crippen molar-refractivity contribution >= 4 is 17.5 Å². The van der Waals surface area contributed by atoms with Gasteiger partial charge in [0.15, 0.2) is 0 Å². The highest BCUT2D eigenvalue weighted by molar-refractivity contribution is 5.88. The Bertz CT molecular complexity index is 698. The smallest absolute Gasteiger partial charge is 0.406 e. The molecule has 1 aliphatic heterocycles. The molecule has 11 heteroatoms. The maximum absolute atomic E-state index is 12.6. The third kappa shape index (κ3) is 5.26. The summed E-state index contributed by atoms with van der Waals surface area (Å²) in [6.07, 6.45) is -6.43. The Kier molecular flexibility index (Phi) is 6.73. The van der Waals surface area contributed by atoms with Crippen molar-refractivity contribution < 1.29 is 37.8 Å². The van der Waals surface area contributed by atoms with Gasteiger partial charge < -0.3 is 19.6 Å². The molecule has 1 heterocycles. The summed E-state index contributed by atoms with van der Waals surface area (Å²) < 4.78 is 40.5. The van der Waals surface area contributed by atoms with E-state index in [-0.39, 0.29) is 11.8 Å². The maximum Gasteiger partial charge on any atom is 0.573 e. The highest BCUT2D eigenvalue weighted by Gasteiger charge is 2.35. The second-order valence-electron chi connectivity index (χ2n) is 6.58. The van der Waals surface area contributed by atoms with Crippen LogP contribution in [0, 0.1) is 5.92 Å². The van der Waals surface area contributed by atoms with E-state index in [0.717, 1.165) is 0 Å². The Balaban J connectivity index is 1.99. The number of rotatable bonds is 5.